The highest BCUT2D eigenvalue weighted by Gasteiger charge is 2.20. The zero-order chi connectivity index (χ0) is 16.4. The molecule has 0 aromatic carbocycles. The smallest absolute Gasteiger partial charge is 0.226 e. The molecule has 8 heteroatoms. The molecule has 0 bridgehead atoms. The van der Waals surface area contributed by atoms with Gasteiger partial charge in [0.15, 0.2) is 5.65 Å². The van der Waals surface area contributed by atoms with Crippen LogP contribution in [0.5, 0.6) is 0 Å². The van der Waals surface area contributed by atoms with Gasteiger partial charge in [-0.05, 0) is 37.5 Å². The van der Waals surface area contributed by atoms with Crippen molar-refractivity contribution >= 4 is 28.5 Å². The van der Waals surface area contributed by atoms with Gasteiger partial charge in [-0.3, -0.25) is 0 Å². The number of nitrogens with zero attached hydrogens (tertiary/aromatic N) is 6. The van der Waals surface area contributed by atoms with Gasteiger partial charge >= 0.3 is 0 Å². The topological polar surface area (TPSA) is 59.3 Å². The first-order valence-corrected chi connectivity index (χ1v) is 9.13. The largest absolute Gasteiger partial charge is 0.378 e. The molecule has 2 aliphatic heterocycles. The third-order valence-electron chi connectivity index (χ3n) is 4.84. The molecule has 0 amide bonds. The number of ether oxygens (including phenoxy) is 1. The lowest BCUT2D eigenvalue weighted by molar-refractivity contribution is 0.122. The van der Waals surface area contributed by atoms with Gasteiger partial charge < -0.3 is 14.5 Å². The van der Waals surface area contributed by atoms with E-state index in [0.29, 0.717) is 13.2 Å². The van der Waals surface area contributed by atoms with Crippen LogP contribution in [0.4, 0.5) is 5.82 Å². The van der Waals surface area contributed by atoms with Crippen LogP contribution in [0.1, 0.15) is 19.3 Å². The summed E-state index contributed by atoms with van der Waals surface area (Å²) >= 11 is 6.19. The van der Waals surface area contributed by atoms with Crippen molar-refractivity contribution in [2.75, 3.05) is 50.8 Å². The van der Waals surface area contributed by atoms with Crippen LogP contribution in [0.3, 0.4) is 0 Å². The Bertz CT molecular complexity index is 693. The van der Waals surface area contributed by atoms with Crippen molar-refractivity contribution in [3.05, 3.63) is 11.5 Å². The lowest BCUT2D eigenvalue weighted by Crippen LogP contribution is -2.37. The number of rotatable bonds is 4. The first-order chi connectivity index (χ1) is 11.8. The fraction of sp³-hybridized carbons (Fsp3) is 0.688. The molecule has 0 unspecified atom stereocenters. The summed E-state index contributed by atoms with van der Waals surface area (Å²) in [6, 6.07) is 0. The molecule has 24 heavy (non-hydrogen) atoms. The average Bonchev–Trinajstić information content (AvgIpc) is 3.03. The summed E-state index contributed by atoms with van der Waals surface area (Å²) in [6.45, 7) is 7.29. The summed E-state index contributed by atoms with van der Waals surface area (Å²) in [5.74, 6) is 0.873. The zero-order valence-electron chi connectivity index (χ0n) is 13.8. The van der Waals surface area contributed by atoms with Crippen molar-refractivity contribution < 1.29 is 4.74 Å². The van der Waals surface area contributed by atoms with E-state index in [2.05, 4.69) is 24.9 Å². The number of halogens is 1. The van der Waals surface area contributed by atoms with E-state index in [-0.39, 0.29) is 5.28 Å². The van der Waals surface area contributed by atoms with Crippen LogP contribution in [0, 0.1) is 0 Å². The van der Waals surface area contributed by atoms with Gasteiger partial charge in [0.1, 0.15) is 5.82 Å². The molecule has 0 atom stereocenters. The Hall–Kier alpha value is -1.44. The van der Waals surface area contributed by atoms with E-state index < -0.39 is 0 Å². The Labute approximate surface area is 146 Å². The molecule has 2 aromatic rings. The molecule has 2 aromatic heterocycles. The van der Waals surface area contributed by atoms with E-state index >= 15 is 0 Å². The van der Waals surface area contributed by atoms with Crippen molar-refractivity contribution in [3.63, 3.8) is 0 Å². The number of morpholine rings is 1. The fourth-order valence-electron chi connectivity index (χ4n) is 3.51. The van der Waals surface area contributed by atoms with Crippen molar-refractivity contribution in [2.45, 2.75) is 25.8 Å². The van der Waals surface area contributed by atoms with Gasteiger partial charge in [-0.15, -0.1) is 0 Å². The Morgan fingerprint density at radius 1 is 1.00 bits per heavy atom. The molecule has 4 heterocycles. The number of anilines is 1. The van der Waals surface area contributed by atoms with Crippen LogP contribution in [0.2, 0.25) is 5.28 Å². The van der Waals surface area contributed by atoms with Gasteiger partial charge in [0, 0.05) is 19.6 Å². The lowest BCUT2D eigenvalue weighted by atomic mass is 10.1. The minimum atomic E-state index is 0.281. The molecular formula is C16H23ClN6O. The summed E-state index contributed by atoms with van der Waals surface area (Å²) in [7, 11) is 0. The molecule has 2 fully saturated rings. The van der Waals surface area contributed by atoms with E-state index in [0.717, 1.165) is 43.0 Å². The van der Waals surface area contributed by atoms with Gasteiger partial charge in [0.2, 0.25) is 5.28 Å². The van der Waals surface area contributed by atoms with Gasteiger partial charge in [0.25, 0.3) is 0 Å². The summed E-state index contributed by atoms with van der Waals surface area (Å²) in [5.41, 5.74) is 0.827. The summed E-state index contributed by atoms with van der Waals surface area (Å²) in [4.78, 5) is 13.6. The molecule has 4 rings (SSSR count). The highest BCUT2D eigenvalue weighted by atomic mass is 35.5. The third-order valence-corrected chi connectivity index (χ3v) is 5.01. The van der Waals surface area contributed by atoms with E-state index in [1.807, 2.05) is 10.9 Å². The second kappa shape index (κ2) is 7.21. The van der Waals surface area contributed by atoms with Gasteiger partial charge in [-0.2, -0.15) is 15.1 Å². The third kappa shape index (κ3) is 3.34. The Morgan fingerprint density at radius 2 is 1.79 bits per heavy atom. The maximum atomic E-state index is 6.19. The molecule has 7 nitrogen and oxygen atoms in total. The zero-order valence-corrected chi connectivity index (χ0v) is 14.6. The van der Waals surface area contributed by atoms with Crippen molar-refractivity contribution in [1.29, 1.82) is 0 Å². The van der Waals surface area contributed by atoms with Crippen LogP contribution in [-0.4, -0.2) is 70.6 Å². The van der Waals surface area contributed by atoms with Crippen LogP contribution in [0.15, 0.2) is 6.20 Å². The number of fused-ring (bicyclic) bond motifs is 1. The molecule has 0 N–H and O–H groups in total. The Balaban J connectivity index is 1.57. The van der Waals surface area contributed by atoms with Gasteiger partial charge in [0.05, 0.1) is 31.3 Å². The van der Waals surface area contributed by atoms with E-state index in [1.165, 1.54) is 32.4 Å². The molecule has 0 spiro atoms. The van der Waals surface area contributed by atoms with Crippen LogP contribution < -0.4 is 4.90 Å². The van der Waals surface area contributed by atoms with E-state index in [4.69, 9.17) is 16.3 Å². The summed E-state index contributed by atoms with van der Waals surface area (Å²) < 4.78 is 7.39. The monoisotopic (exact) mass is 350 g/mol. The predicted molar refractivity (Wildman–Crippen MR) is 93.7 cm³/mol. The van der Waals surface area contributed by atoms with E-state index in [1.54, 1.807) is 0 Å². The second-order valence-electron chi connectivity index (χ2n) is 6.42. The van der Waals surface area contributed by atoms with E-state index in [9.17, 15) is 0 Å². The predicted octanol–water partition coefficient (Wildman–Crippen LogP) is 1.80. The molecule has 0 saturated carbocycles. The minimum absolute atomic E-state index is 0.281. The van der Waals surface area contributed by atoms with Crippen LogP contribution >= 0.6 is 11.6 Å². The normalized spacial score (nSPS) is 20.0. The van der Waals surface area contributed by atoms with Gasteiger partial charge in [-0.25, -0.2) is 4.68 Å². The Kier molecular flexibility index (Phi) is 4.82. The number of likely N-dealkylation sites (tertiary alicyclic amines) is 1. The van der Waals surface area contributed by atoms with Crippen LogP contribution in [0.25, 0.3) is 11.0 Å². The summed E-state index contributed by atoms with van der Waals surface area (Å²) in [6.07, 6.45) is 5.82. The first-order valence-electron chi connectivity index (χ1n) is 8.75. The number of aromatic nitrogens is 4. The van der Waals surface area contributed by atoms with Crippen molar-refractivity contribution in [2.24, 2.45) is 0 Å². The standard InChI is InChI=1S/C16H23ClN6O/c17-16-19-14(22-8-10-24-11-9-22)13-12-18-23(15(13)20-16)7-6-21-4-2-1-3-5-21/h12H,1-11H2. The quantitative estimate of drug-likeness (QED) is 0.784. The maximum absolute atomic E-state index is 6.19. The molecule has 0 aliphatic carbocycles. The average molecular weight is 351 g/mol. The SMILES string of the molecule is Clc1nc(N2CCOCC2)c2cnn(CCN3CCCCC3)c2n1. The van der Waals surface area contributed by atoms with Crippen molar-refractivity contribution in [1.82, 2.24) is 24.6 Å². The lowest BCUT2D eigenvalue weighted by Gasteiger charge is -2.28. The van der Waals surface area contributed by atoms with Gasteiger partial charge in [-0.1, -0.05) is 6.42 Å². The fourth-order valence-corrected chi connectivity index (χ4v) is 3.67. The Morgan fingerprint density at radius 3 is 2.58 bits per heavy atom. The first kappa shape index (κ1) is 16.1. The highest BCUT2D eigenvalue weighted by molar-refractivity contribution is 6.28. The number of hydrogen-bond acceptors (Lipinski definition) is 6. The molecule has 130 valence electrons. The maximum Gasteiger partial charge on any atom is 0.226 e. The molecule has 2 saturated heterocycles. The van der Waals surface area contributed by atoms with Crippen LogP contribution in [-0.2, 0) is 11.3 Å². The second-order valence-corrected chi connectivity index (χ2v) is 6.76. The number of piperidine rings is 1. The minimum Gasteiger partial charge on any atom is -0.378 e. The molecule has 0 radical (unpaired) electrons. The van der Waals surface area contributed by atoms with Crippen molar-refractivity contribution in [3.8, 4) is 0 Å². The highest BCUT2D eigenvalue weighted by Crippen LogP contribution is 2.26. The molecular weight excluding hydrogens is 328 g/mol. The number of hydrogen-bond donors (Lipinski definition) is 0. The summed E-state index contributed by atoms with van der Waals surface area (Å²) in [5, 5.41) is 5.80. The molecule has 2 aliphatic rings.